The molecule has 0 saturated carbocycles. The molecule has 0 radical (unpaired) electrons. The number of carbonyl (C=O) groups excluding carboxylic acids is 1. The number of nitrogens with zero attached hydrogens (tertiary/aromatic N) is 2. The summed E-state index contributed by atoms with van der Waals surface area (Å²) < 4.78 is 6.91. The molecule has 1 unspecified atom stereocenters. The van der Waals surface area contributed by atoms with Gasteiger partial charge in [-0.25, -0.2) is 0 Å². The van der Waals surface area contributed by atoms with Gasteiger partial charge in [0.25, 0.3) is 0 Å². The van der Waals surface area contributed by atoms with Gasteiger partial charge in [-0.3, -0.25) is 9.48 Å². The second kappa shape index (κ2) is 5.74. The summed E-state index contributed by atoms with van der Waals surface area (Å²) in [5, 5.41) is 7.51. The third-order valence-corrected chi connectivity index (χ3v) is 4.02. The summed E-state index contributed by atoms with van der Waals surface area (Å²) in [6.45, 7) is 3.89. The Labute approximate surface area is 114 Å². The van der Waals surface area contributed by atoms with Gasteiger partial charge in [-0.05, 0) is 25.8 Å². The van der Waals surface area contributed by atoms with Crippen LogP contribution >= 0.6 is 0 Å². The van der Waals surface area contributed by atoms with Gasteiger partial charge in [0.1, 0.15) is 5.69 Å². The average molecular weight is 265 g/mol. The zero-order valence-corrected chi connectivity index (χ0v) is 12.0. The third kappa shape index (κ3) is 2.52. The number of aromatic nitrogens is 2. The number of rotatable bonds is 5. The first-order chi connectivity index (χ1) is 9.14. The normalized spacial score (nSPS) is 23.3. The fraction of sp³-hybridized carbons (Fsp3) is 0.714. The highest BCUT2D eigenvalue weighted by molar-refractivity contribution is 6.01. The Hall–Kier alpha value is -1.36. The lowest BCUT2D eigenvalue weighted by Gasteiger charge is -2.36. The molecule has 1 N–H and O–H groups in total. The Morgan fingerprint density at radius 1 is 1.63 bits per heavy atom. The molecule has 0 amide bonds. The van der Waals surface area contributed by atoms with E-state index in [9.17, 15) is 4.79 Å². The van der Waals surface area contributed by atoms with Crippen LogP contribution in [0.25, 0.3) is 0 Å². The van der Waals surface area contributed by atoms with Gasteiger partial charge >= 0.3 is 0 Å². The smallest absolute Gasteiger partial charge is 0.192 e. The van der Waals surface area contributed by atoms with E-state index in [0.29, 0.717) is 11.4 Å². The fourth-order valence-corrected chi connectivity index (χ4v) is 3.04. The van der Waals surface area contributed by atoms with E-state index in [1.54, 1.807) is 25.0 Å². The Morgan fingerprint density at radius 2 is 2.42 bits per heavy atom. The predicted octanol–water partition coefficient (Wildman–Crippen LogP) is 1.78. The second-order valence-electron chi connectivity index (χ2n) is 5.32. The largest absolute Gasteiger partial charge is 0.493 e. The van der Waals surface area contributed by atoms with Gasteiger partial charge in [0.05, 0.1) is 13.3 Å². The first-order valence-electron chi connectivity index (χ1n) is 6.96. The number of Topliss-reactive ketones (excluding diaryl/α,β-unsaturated/α-hetero) is 1. The first kappa shape index (κ1) is 14.1. The van der Waals surface area contributed by atoms with Crippen LogP contribution < -0.4 is 10.1 Å². The molecule has 0 aromatic carbocycles. The van der Waals surface area contributed by atoms with E-state index in [1.165, 1.54) is 0 Å². The van der Waals surface area contributed by atoms with E-state index in [1.807, 2.05) is 0 Å². The van der Waals surface area contributed by atoms with Crippen molar-refractivity contribution in [2.45, 2.75) is 32.6 Å². The Morgan fingerprint density at radius 3 is 3.00 bits per heavy atom. The number of hydrogen-bond acceptors (Lipinski definition) is 4. The standard InChI is InChI=1S/C14H23N3O2/c1-4-6-14(7-5-8-15-10-14)13(18)12-11(19-3)9-16-17(12)2/h9,15H,4-8,10H2,1-3H3. The summed E-state index contributed by atoms with van der Waals surface area (Å²) in [7, 11) is 3.38. The SMILES string of the molecule is CCCC1(C(=O)c2c(OC)cnn2C)CCCNC1. The minimum atomic E-state index is -0.298. The fourth-order valence-electron chi connectivity index (χ4n) is 3.04. The maximum Gasteiger partial charge on any atom is 0.192 e. The van der Waals surface area contributed by atoms with E-state index >= 15 is 0 Å². The highest BCUT2D eigenvalue weighted by atomic mass is 16.5. The number of methoxy groups -OCH3 is 1. The van der Waals surface area contributed by atoms with Crippen LogP contribution in [0.2, 0.25) is 0 Å². The molecule has 19 heavy (non-hydrogen) atoms. The van der Waals surface area contributed by atoms with Crippen molar-refractivity contribution >= 4 is 5.78 Å². The van der Waals surface area contributed by atoms with Crippen LogP contribution in [0.1, 0.15) is 43.1 Å². The van der Waals surface area contributed by atoms with Crippen LogP contribution in [0.5, 0.6) is 5.75 Å². The predicted molar refractivity (Wildman–Crippen MR) is 73.5 cm³/mol. The molecule has 0 bridgehead atoms. The molecular formula is C14H23N3O2. The molecule has 1 fully saturated rings. The van der Waals surface area contributed by atoms with Crippen LogP contribution in [-0.2, 0) is 7.05 Å². The lowest BCUT2D eigenvalue weighted by Crippen LogP contribution is -2.46. The minimum Gasteiger partial charge on any atom is -0.493 e. The quantitative estimate of drug-likeness (QED) is 0.825. The highest BCUT2D eigenvalue weighted by Crippen LogP contribution is 2.37. The molecule has 1 saturated heterocycles. The number of nitrogens with one attached hydrogen (secondary N) is 1. The number of ether oxygens (including phenoxy) is 1. The maximum absolute atomic E-state index is 13.0. The van der Waals surface area contributed by atoms with Crippen molar-refractivity contribution in [2.24, 2.45) is 12.5 Å². The van der Waals surface area contributed by atoms with Crippen molar-refractivity contribution in [3.05, 3.63) is 11.9 Å². The molecule has 5 heteroatoms. The van der Waals surface area contributed by atoms with Gasteiger partial charge < -0.3 is 10.1 Å². The lowest BCUT2D eigenvalue weighted by atomic mass is 9.72. The summed E-state index contributed by atoms with van der Waals surface area (Å²) in [5.41, 5.74) is 0.299. The topological polar surface area (TPSA) is 56.1 Å². The van der Waals surface area contributed by atoms with E-state index in [2.05, 4.69) is 17.3 Å². The number of aryl methyl sites for hydroxylation is 1. The lowest BCUT2D eigenvalue weighted by molar-refractivity contribution is 0.0703. The zero-order chi connectivity index (χ0) is 13.9. The first-order valence-corrected chi connectivity index (χ1v) is 6.96. The molecule has 1 aliphatic rings. The van der Waals surface area contributed by atoms with Crippen LogP contribution in [0.4, 0.5) is 0 Å². The second-order valence-corrected chi connectivity index (χ2v) is 5.32. The minimum absolute atomic E-state index is 0.165. The van der Waals surface area contributed by atoms with Gasteiger partial charge in [0, 0.05) is 19.0 Å². The number of ketones is 1. The van der Waals surface area contributed by atoms with Crippen molar-refractivity contribution in [2.75, 3.05) is 20.2 Å². The third-order valence-electron chi connectivity index (χ3n) is 4.02. The Balaban J connectivity index is 2.36. The Bertz CT molecular complexity index is 442. The summed E-state index contributed by atoms with van der Waals surface area (Å²) in [5.74, 6) is 0.743. The highest BCUT2D eigenvalue weighted by Gasteiger charge is 2.41. The molecule has 5 nitrogen and oxygen atoms in total. The van der Waals surface area contributed by atoms with Gasteiger partial charge in [0.15, 0.2) is 11.5 Å². The average Bonchev–Trinajstić information content (AvgIpc) is 2.80. The van der Waals surface area contributed by atoms with Crippen LogP contribution in [0.15, 0.2) is 6.20 Å². The van der Waals surface area contributed by atoms with E-state index < -0.39 is 0 Å². The number of hydrogen-bond donors (Lipinski definition) is 1. The van der Waals surface area contributed by atoms with Crippen LogP contribution in [-0.4, -0.2) is 35.8 Å². The van der Waals surface area contributed by atoms with Gasteiger partial charge in [-0.15, -0.1) is 0 Å². The zero-order valence-electron chi connectivity index (χ0n) is 12.0. The molecule has 2 rings (SSSR count). The van der Waals surface area contributed by atoms with Crippen molar-refractivity contribution in [1.82, 2.24) is 15.1 Å². The van der Waals surface area contributed by atoms with Crippen molar-refractivity contribution in [3.8, 4) is 5.75 Å². The molecule has 0 aliphatic carbocycles. The summed E-state index contributed by atoms with van der Waals surface area (Å²) >= 11 is 0. The molecule has 106 valence electrons. The number of carbonyl (C=O) groups is 1. The molecule has 1 aromatic heterocycles. The molecule has 0 spiro atoms. The molecular weight excluding hydrogens is 242 g/mol. The van der Waals surface area contributed by atoms with E-state index in [-0.39, 0.29) is 11.2 Å². The van der Waals surface area contributed by atoms with Gasteiger partial charge in [0.2, 0.25) is 0 Å². The molecule has 2 heterocycles. The van der Waals surface area contributed by atoms with E-state index in [4.69, 9.17) is 4.74 Å². The summed E-state index contributed by atoms with van der Waals surface area (Å²) in [4.78, 5) is 13.0. The molecule has 1 aromatic rings. The van der Waals surface area contributed by atoms with Gasteiger partial charge in [-0.1, -0.05) is 13.3 Å². The number of piperidine rings is 1. The Kier molecular flexibility index (Phi) is 4.24. The molecule has 1 atom stereocenters. The van der Waals surface area contributed by atoms with Crippen molar-refractivity contribution in [1.29, 1.82) is 0 Å². The van der Waals surface area contributed by atoms with Gasteiger partial charge in [-0.2, -0.15) is 5.10 Å². The van der Waals surface area contributed by atoms with Crippen LogP contribution in [0, 0.1) is 5.41 Å². The summed E-state index contributed by atoms with van der Waals surface area (Å²) in [6, 6.07) is 0. The maximum atomic E-state index is 13.0. The van der Waals surface area contributed by atoms with Crippen LogP contribution in [0.3, 0.4) is 0 Å². The molecule has 1 aliphatic heterocycles. The monoisotopic (exact) mass is 265 g/mol. The van der Waals surface area contributed by atoms with E-state index in [0.717, 1.165) is 38.8 Å². The van der Waals surface area contributed by atoms with Crippen molar-refractivity contribution in [3.63, 3.8) is 0 Å². The summed E-state index contributed by atoms with van der Waals surface area (Å²) in [6.07, 6.45) is 5.52. The van der Waals surface area contributed by atoms with Crippen molar-refractivity contribution < 1.29 is 9.53 Å².